The second-order valence-corrected chi connectivity index (χ2v) is 6.68. The number of rotatable bonds is 7. The minimum absolute atomic E-state index is 0.0693. The molecule has 28 heavy (non-hydrogen) atoms. The molecule has 0 atom stereocenters. The van der Waals surface area contributed by atoms with Crippen LogP contribution in [0.15, 0.2) is 79.1 Å². The van der Waals surface area contributed by atoms with E-state index < -0.39 is 0 Å². The Morgan fingerprint density at radius 3 is 2.50 bits per heavy atom. The summed E-state index contributed by atoms with van der Waals surface area (Å²) in [5, 5.41) is 2.97. The van der Waals surface area contributed by atoms with E-state index in [1.165, 1.54) is 5.56 Å². The summed E-state index contributed by atoms with van der Waals surface area (Å²) < 4.78 is 2.27. The Labute approximate surface area is 164 Å². The van der Waals surface area contributed by atoms with Gasteiger partial charge >= 0.3 is 0 Å². The average Bonchev–Trinajstić information content (AvgIpc) is 3.10. The fraction of sp³-hybridized carbons (Fsp3) is 0.174. The molecule has 0 bridgehead atoms. The molecule has 0 unspecified atom stereocenters. The van der Waals surface area contributed by atoms with Gasteiger partial charge < -0.3 is 9.88 Å². The highest BCUT2D eigenvalue weighted by Gasteiger charge is 2.11. The van der Waals surface area contributed by atoms with E-state index in [1.807, 2.05) is 24.3 Å². The maximum absolute atomic E-state index is 12.1. The monoisotopic (exact) mass is 370 g/mol. The number of amides is 1. The van der Waals surface area contributed by atoms with Crippen LogP contribution in [0.5, 0.6) is 0 Å². The van der Waals surface area contributed by atoms with Crippen LogP contribution < -0.4 is 5.32 Å². The number of fused-ring (bicyclic) bond motifs is 1. The highest BCUT2D eigenvalue weighted by atomic mass is 16.1. The van der Waals surface area contributed by atoms with Crippen LogP contribution in [0, 0.1) is 0 Å². The Bertz CT molecular complexity index is 1060. The molecule has 5 heteroatoms. The molecule has 1 amide bonds. The molecule has 0 radical (unpaired) electrons. The van der Waals surface area contributed by atoms with E-state index in [9.17, 15) is 4.79 Å². The molecule has 140 valence electrons. The molecule has 2 aromatic carbocycles. The van der Waals surface area contributed by atoms with Crippen LogP contribution in [0.2, 0.25) is 0 Å². The summed E-state index contributed by atoms with van der Waals surface area (Å²) in [4.78, 5) is 20.9. The van der Waals surface area contributed by atoms with Crippen molar-refractivity contribution in [1.29, 1.82) is 0 Å². The van der Waals surface area contributed by atoms with Crippen LogP contribution in [0.1, 0.15) is 28.2 Å². The second-order valence-electron chi connectivity index (χ2n) is 6.68. The second kappa shape index (κ2) is 8.48. The van der Waals surface area contributed by atoms with E-state index in [0.717, 1.165) is 36.2 Å². The van der Waals surface area contributed by atoms with Crippen molar-refractivity contribution in [2.45, 2.75) is 19.4 Å². The summed E-state index contributed by atoms with van der Waals surface area (Å²) in [5.74, 6) is 0.975. The van der Waals surface area contributed by atoms with Crippen molar-refractivity contribution < 1.29 is 4.79 Å². The molecule has 2 heterocycles. The number of para-hydroxylation sites is 2. The zero-order valence-electron chi connectivity index (χ0n) is 15.6. The van der Waals surface area contributed by atoms with Gasteiger partial charge in [-0.1, -0.05) is 42.5 Å². The predicted octanol–water partition coefficient (Wildman–Crippen LogP) is 3.84. The molecule has 0 aliphatic rings. The minimum Gasteiger partial charge on any atom is -0.352 e. The van der Waals surface area contributed by atoms with Gasteiger partial charge in [-0.05, 0) is 36.2 Å². The first-order valence-electron chi connectivity index (χ1n) is 9.47. The van der Waals surface area contributed by atoms with Gasteiger partial charge in [0.05, 0.1) is 11.0 Å². The van der Waals surface area contributed by atoms with Crippen molar-refractivity contribution in [2.24, 2.45) is 0 Å². The van der Waals surface area contributed by atoms with E-state index in [-0.39, 0.29) is 5.91 Å². The lowest BCUT2D eigenvalue weighted by Crippen LogP contribution is -2.25. The third-order valence-electron chi connectivity index (χ3n) is 4.72. The highest BCUT2D eigenvalue weighted by molar-refractivity contribution is 5.93. The van der Waals surface area contributed by atoms with Gasteiger partial charge in [-0.2, -0.15) is 0 Å². The molecule has 0 fully saturated rings. The number of benzene rings is 2. The van der Waals surface area contributed by atoms with Crippen molar-refractivity contribution in [2.75, 3.05) is 6.54 Å². The number of aromatic nitrogens is 3. The van der Waals surface area contributed by atoms with Gasteiger partial charge in [0, 0.05) is 37.5 Å². The Kier molecular flexibility index (Phi) is 5.43. The van der Waals surface area contributed by atoms with Crippen molar-refractivity contribution in [3.8, 4) is 0 Å². The summed E-state index contributed by atoms with van der Waals surface area (Å²) in [5.41, 5.74) is 4.03. The molecule has 0 saturated heterocycles. The van der Waals surface area contributed by atoms with Crippen LogP contribution in [-0.4, -0.2) is 27.0 Å². The first kappa shape index (κ1) is 17.9. The number of carbonyl (C=O) groups is 1. The molecule has 2 aromatic heterocycles. The average molecular weight is 370 g/mol. The number of pyridine rings is 1. The van der Waals surface area contributed by atoms with Crippen LogP contribution in [0.4, 0.5) is 0 Å². The Hall–Kier alpha value is -3.47. The highest BCUT2D eigenvalue weighted by Crippen LogP contribution is 2.19. The van der Waals surface area contributed by atoms with E-state index >= 15 is 0 Å². The maximum Gasteiger partial charge on any atom is 0.251 e. The molecule has 1 N–H and O–H groups in total. The molecule has 0 aliphatic heterocycles. The third kappa shape index (κ3) is 4.09. The number of hydrogen-bond donors (Lipinski definition) is 1. The van der Waals surface area contributed by atoms with Crippen LogP contribution >= 0.6 is 0 Å². The fourth-order valence-electron chi connectivity index (χ4n) is 3.31. The van der Waals surface area contributed by atoms with Crippen LogP contribution in [0.3, 0.4) is 0 Å². The Balaban J connectivity index is 1.44. The summed E-state index contributed by atoms with van der Waals surface area (Å²) >= 11 is 0. The standard InChI is InChI=1S/C23H22N4O/c28-23(19-12-15-24-16-13-19)25-14-6-11-22-26-20-9-4-5-10-21(20)27(22)17-18-7-2-1-3-8-18/h1-5,7-10,12-13,15-16H,6,11,14,17H2,(H,25,28). The molecular weight excluding hydrogens is 348 g/mol. The van der Waals surface area contributed by atoms with Crippen molar-refractivity contribution >= 4 is 16.9 Å². The van der Waals surface area contributed by atoms with E-state index in [0.29, 0.717) is 12.1 Å². The zero-order valence-corrected chi connectivity index (χ0v) is 15.6. The van der Waals surface area contributed by atoms with Gasteiger partial charge in [0.2, 0.25) is 0 Å². The number of hydrogen-bond acceptors (Lipinski definition) is 3. The summed E-state index contributed by atoms with van der Waals surface area (Å²) in [7, 11) is 0. The van der Waals surface area contributed by atoms with Gasteiger partial charge in [-0.25, -0.2) is 4.98 Å². The van der Waals surface area contributed by atoms with Crippen LogP contribution in [-0.2, 0) is 13.0 Å². The van der Waals surface area contributed by atoms with Crippen molar-refractivity contribution in [3.05, 3.63) is 96.1 Å². The van der Waals surface area contributed by atoms with Gasteiger partial charge in [0.15, 0.2) is 0 Å². The molecule has 0 saturated carbocycles. The third-order valence-corrected chi connectivity index (χ3v) is 4.72. The molecule has 5 nitrogen and oxygen atoms in total. The Morgan fingerprint density at radius 2 is 1.68 bits per heavy atom. The first-order valence-corrected chi connectivity index (χ1v) is 9.47. The molecular formula is C23H22N4O. The van der Waals surface area contributed by atoms with Gasteiger partial charge in [-0.15, -0.1) is 0 Å². The summed E-state index contributed by atoms with van der Waals surface area (Å²) in [6, 6.07) is 22.1. The lowest BCUT2D eigenvalue weighted by molar-refractivity contribution is 0.0953. The van der Waals surface area contributed by atoms with Gasteiger partial charge in [0.1, 0.15) is 5.82 Å². The van der Waals surface area contributed by atoms with E-state index in [2.05, 4.69) is 45.2 Å². The van der Waals surface area contributed by atoms with Gasteiger partial charge in [-0.3, -0.25) is 9.78 Å². The molecule has 0 spiro atoms. The normalized spacial score (nSPS) is 10.9. The molecule has 0 aliphatic carbocycles. The lowest BCUT2D eigenvalue weighted by Gasteiger charge is -2.10. The lowest BCUT2D eigenvalue weighted by atomic mass is 10.2. The van der Waals surface area contributed by atoms with Crippen LogP contribution in [0.25, 0.3) is 11.0 Å². The smallest absolute Gasteiger partial charge is 0.251 e. The Morgan fingerprint density at radius 1 is 0.929 bits per heavy atom. The summed E-state index contributed by atoms with van der Waals surface area (Å²) in [6.45, 7) is 1.40. The molecule has 4 rings (SSSR count). The quantitative estimate of drug-likeness (QED) is 0.503. The van der Waals surface area contributed by atoms with Crippen molar-refractivity contribution in [3.63, 3.8) is 0 Å². The largest absolute Gasteiger partial charge is 0.352 e. The van der Waals surface area contributed by atoms with Gasteiger partial charge in [0.25, 0.3) is 5.91 Å². The summed E-state index contributed by atoms with van der Waals surface area (Å²) in [6.07, 6.45) is 4.88. The predicted molar refractivity (Wildman–Crippen MR) is 110 cm³/mol. The van der Waals surface area contributed by atoms with Crippen molar-refractivity contribution in [1.82, 2.24) is 19.9 Å². The topological polar surface area (TPSA) is 59.8 Å². The molecule has 4 aromatic rings. The SMILES string of the molecule is O=C(NCCCc1nc2ccccc2n1Cc1ccccc1)c1ccncc1. The number of nitrogens with one attached hydrogen (secondary N) is 1. The number of aryl methyl sites for hydroxylation is 1. The zero-order chi connectivity index (χ0) is 19.2. The maximum atomic E-state index is 12.1. The number of carbonyl (C=O) groups excluding carboxylic acids is 1. The van der Waals surface area contributed by atoms with E-state index in [4.69, 9.17) is 4.98 Å². The van der Waals surface area contributed by atoms with E-state index in [1.54, 1.807) is 24.5 Å². The minimum atomic E-state index is -0.0693. The number of nitrogens with zero attached hydrogens (tertiary/aromatic N) is 3. The number of imidazole rings is 1. The fourth-order valence-corrected chi connectivity index (χ4v) is 3.31. The first-order chi connectivity index (χ1) is 13.8.